The number of hydrogen-bond acceptors (Lipinski definition) is 4. The third-order valence-corrected chi connectivity index (χ3v) is 3.77. The molecule has 0 N–H and O–H groups in total. The fraction of sp³-hybridized carbons (Fsp3) is 0.0714. The first-order chi connectivity index (χ1) is 9.88. The first-order valence-electron chi connectivity index (χ1n) is 5.81. The van der Waals surface area contributed by atoms with Gasteiger partial charge in [-0.1, -0.05) is 11.8 Å². The minimum absolute atomic E-state index is 0.0614. The molecule has 7 heteroatoms. The van der Waals surface area contributed by atoms with Gasteiger partial charge in [0.1, 0.15) is 11.6 Å². The van der Waals surface area contributed by atoms with Crippen LogP contribution < -0.4 is 0 Å². The van der Waals surface area contributed by atoms with Gasteiger partial charge in [0.25, 0.3) is 5.69 Å². The van der Waals surface area contributed by atoms with Crippen molar-refractivity contribution in [1.29, 1.82) is 0 Å². The van der Waals surface area contributed by atoms with Gasteiger partial charge in [0.05, 0.1) is 14.7 Å². The summed E-state index contributed by atoms with van der Waals surface area (Å²) in [7, 11) is 0. The lowest BCUT2D eigenvalue weighted by atomic mass is 10.1. The van der Waals surface area contributed by atoms with Crippen molar-refractivity contribution in [3.05, 3.63) is 63.7 Å². The summed E-state index contributed by atoms with van der Waals surface area (Å²) < 4.78 is 26.7. The molecule has 0 aliphatic carbocycles. The molecule has 0 atom stereocenters. The van der Waals surface area contributed by atoms with Gasteiger partial charge in [0.15, 0.2) is 5.78 Å². The maximum atomic E-state index is 13.6. The third-order valence-electron chi connectivity index (χ3n) is 2.68. The Balaban J connectivity index is 2.46. The molecule has 0 spiro atoms. The van der Waals surface area contributed by atoms with E-state index in [1.165, 1.54) is 19.1 Å². The van der Waals surface area contributed by atoms with Crippen LogP contribution in [-0.2, 0) is 0 Å². The SMILES string of the molecule is CC(=O)c1ccc(Sc2cc(F)ccc2F)c([N+](=O)[O-])c1. The molecule has 0 heterocycles. The van der Waals surface area contributed by atoms with Gasteiger partial charge in [-0.3, -0.25) is 14.9 Å². The number of rotatable bonds is 4. The zero-order chi connectivity index (χ0) is 15.6. The lowest BCUT2D eigenvalue weighted by Crippen LogP contribution is -1.97. The van der Waals surface area contributed by atoms with Gasteiger partial charge in [-0.05, 0) is 37.3 Å². The van der Waals surface area contributed by atoms with Crippen molar-refractivity contribution in [3.63, 3.8) is 0 Å². The van der Waals surface area contributed by atoms with Crippen LogP contribution in [0.5, 0.6) is 0 Å². The topological polar surface area (TPSA) is 60.2 Å². The van der Waals surface area contributed by atoms with Gasteiger partial charge in [-0.15, -0.1) is 0 Å². The van der Waals surface area contributed by atoms with Crippen molar-refractivity contribution in [3.8, 4) is 0 Å². The Kier molecular flexibility index (Phi) is 4.32. The standard InChI is InChI=1S/C14H9F2NO3S/c1-8(18)9-2-5-13(12(6-9)17(19)20)21-14-7-10(15)3-4-11(14)16/h2-7H,1H3. The van der Waals surface area contributed by atoms with Crippen LogP contribution in [0.1, 0.15) is 17.3 Å². The number of ketones is 1. The van der Waals surface area contributed by atoms with Gasteiger partial charge in [-0.25, -0.2) is 8.78 Å². The number of carbonyl (C=O) groups excluding carboxylic acids is 1. The number of nitro groups is 1. The van der Waals surface area contributed by atoms with E-state index in [0.717, 1.165) is 36.0 Å². The third kappa shape index (κ3) is 3.43. The molecule has 0 unspecified atom stereocenters. The average molecular weight is 309 g/mol. The van der Waals surface area contributed by atoms with E-state index in [1.54, 1.807) is 0 Å². The van der Waals surface area contributed by atoms with Crippen molar-refractivity contribution < 1.29 is 18.5 Å². The summed E-state index contributed by atoms with van der Waals surface area (Å²) >= 11 is 0.736. The van der Waals surface area contributed by atoms with Gasteiger partial charge < -0.3 is 0 Å². The van der Waals surface area contributed by atoms with E-state index in [1.807, 2.05) is 0 Å². The molecular formula is C14H9F2NO3S. The van der Waals surface area contributed by atoms with E-state index >= 15 is 0 Å². The van der Waals surface area contributed by atoms with Crippen molar-refractivity contribution in [2.45, 2.75) is 16.7 Å². The van der Waals surface area contributed by atoms with E-state index < -0.39 is 16.6 Å². The van der Waals surface area contributed by atoms with Crippen LogP contribution in [0.3, 0.4) is 0 Å². The molecular weight excluding hydrogens is 300 g/mol. The van der Waals surface area contributed by atoms with Crippen LogP contribution in [0.15, 0.2) is 46.2 Å². The Morgan fingerprint density at radius 2 is 1.86 bits per heavy atom. The summed E-state index contributed by atoms with van der Waals surface area (Å²) in [6.07, 6.45) is 0. The summed E-state index contributed by atoms with van der Waals surface area (Å²) in [5, 5.41) is 11.1. The van der Waals surface area contributed by atoms with E-state index in [2.05, 4.69) is 0 Å². The van der Waals surface area contributed by atoms with Crippen LogP contribution in [-0.4, -0.2) is 10.7 Å². The van der Waals surface area contributed by atoms with Crippen molar-refractivity contribution in [2.75, 3.05) is 0 Å². The van der Waals surface area contributed by atoms with Crippen molar-refractivity contribution in [2.24, 2.45) is 0 Å². The molecule has 0 saturated carbocycles. The predicted molar refractivity (Wildman–Crippen MR) is 73.6 cm³/mol. The maximum absolute atomic E-state index is 13.6. The molecule has 0 amide bonds. The highest BCUT2D eigenvalue weighted by atomic mass is 32.2. The highest BCUT2D eigenvalue weighted by Crippen LogP contribution is 2.36. The Labute approximate surface area is 122 Å². The molecule has 108 valence electrons. The van der Waals surface area contributed by atoms with Crippen LogP contribution >= 0.6 is 11.8 Å². The van der Waals surface area contributed by atoms with E-state index in [9.17, 15) is 23.7 Å². The van der Waals surface area contributed by atoms with Crippen LogP contribution in [0.2, 0.25) is 0 Å². The van der Waals surface area contributed by atoms with Gasteiger partial charge in [0.2, 0.25) is 0 Å². The molecule has 0 aliphatic rings. The predicted octanol–water partition coefficient (Wildman–Crippen LogP) is 4.23. The second kappa shape index (κ2) is 6.01. The zero-order valence-electron chi connectivity index (χ0n) is 10.8. The molecule has 2 rings (SSSR count). The lowest BCUT2D eigenvalue weighted by molar-refractivity contribution is -0.387. The smallest absolute Gasteiger partial charge is 0.283 e. The highest BCUT2D eigenvalue weighted by molar-refractivity contribution is 7.99. The Morgan fingerprint density at radius 1 is 1.14 bits per heavy atom. The minimum Gasteiger partial charge on any atom is -0.295 e. The average Bonchev–Trinajstić information content (AvgIpc) is 2.42. The summed E-state index contributed by atoms with van der Waals surface area (Å²) in [5.74, 6) is -1.63. The van der Waals surface area contributed by atoms with Gasteiger partial charge in [-0.2, -0.15) is 0 Å². The van der Waals surface area contributed by atoms with Crippen LogP contribution in [0.4, 0.5) is 14.5 Å². The lowest BCUT2D eigenvalue weighted by Gasteiger charge is -2.05. The number of carbonyl (C=O) groups is 1. The minimum atomic E-state index is -0.675. The Bertz CT molecular complexity index is 734. The molecule has 0 aliphatic heterocycles. The summed E-state index contributed by atoms with van der Waals surface area (Å²) in [6, 6.07) is 6.77. The van der Waals surface area contributed by atoms with Crippen LogP contribution in [0.25, 0.3) is 0 Å². The van der Waals surface area contributed by atoms with Crippen molar-refractivity contribution >= 4 is 23.2 Å². The number of halogens is 2. The fourth-order valence-electron chi connectivity index (χ4n) is 1.64. The summed E-state index contributed by atoms with van der Waals surface area (Å²) in [4.78, 5) is 21.7. The normalized spacial score (nSPS) is 10.4. The fourth-order valence-corrected chi connectivity index (χ4v) is 2.59. The number of nitrogens with zero attached hydrogens (tertiary/aromatic N) is 1. The van der Waals surface area contributed by atoms with Gasteiger partial charge in [0, 0.05) is 11.6 Å². The quantitative estimate of drug-likeness (QED) is 0.482. The summed E-state index contributed by atoms with van der Waals surface area (Å²) in [5.41, 5.74) is -0.137. The molecule has 0 bridgehead atoms. The molecule has 2 aromatic rings. The molecule has 0 fully saturated rings. The first-order valence-corrected chi connectivity index (χ1v) is 6.62. The number of nitro benzene ring substituents is 1. The zero-order valence-corrected chi connectivity index (χ0v) is 11.6. The van der Waals surface area contributed by atoms with E-state index in [-0.39, 0.29) is 26.8 Å². The van der Waals surface area contributed by atoms with Gasteiger partial charge >= 0.3 is 0 Å². The highest BCUT2D eigenvalue weighted by Gasteiger charge is 2.18. The second-order valence-electron chi connectivity index (χ2n) is 4.17. The molecule has 0 saturated heterocycles. The molecule has 21 heavy (non-hydrogen) atoms. The summed E-state index contributed by atoms with van der Waals surface area (Å²) in [6.45, 7) is 1.29. The monoisotopic (exact) mass is 309 g/mol. The van der Waals surface area contributed by atoms with Crippen LogP contribution in [0, 0.1) is 21.7 Å². The largest absolute Gasteiger partial charge is 0.295 e. The van der Waals surface area contributed by atoms with E-state index in [0.29, 0.717) is 0 Å². The Hall–Kier alpha value is -2.28. The second-order valence-corrected chi connectivity index (χ2v) is 5.26. The molecule has 2 aromatic carbocycles. The molecule has 4 nitrogen and oxygen atoms in total. The molecule has 0 aromatic heterocycles. The number of Topliss-reactive ketones (excluding diaryl/α,β-unsaturated/α-hetero) is 1. The Morgan fingerprint density at radius 3 is 2.48 bits per heavy atom. The molecule has 0 radical (unpaired) electrons. The number of hydrogen-bond donors (Lipinski definition) is 0. The number of benzene rings is 2. The van der Waals surface area contributed by atoms with Crippen molar-refractivity contribution in [1.82, 2.24) is 0 Å². The van der Waals surface area contributed by atoms with E-state index in [4.69, 9.17) is 0 Å². The maximum Gasteiger partial charge on any atom is 0.283 e. The first kappa shape index (κ1) is 15.1.